The number of nitrogens with zero attached hydrogens (tertiary/aromatic N) is 2. The Kier molecular flexibility index (Phi) is 11.8. The lowest BCUT2D eigenvalue weighted by molar-refractivity contribution is -0.140. The highest BCUT2D eigenvalue weighted by molar-refractivity contribution is 7.92. The molecular weight excluding hydrogens is 606 g/mol. The zero-order valence-electron chi connectivity index (χ0n) is 25.9. The van der Waals surface area contributed by atoms with Crippen molar-refractivity contribution in [2.45, 2.75) is 57.5 Å². The van der Waals surface area contributed by atoms with Crippen molar-refractivity contribution in [2.24, 2.45) is 0 Å². The molecule has 45 heavy (non-hydrogen) atoms. The largest absolute Gasteiger partial charge is 0.354 e. The van der Waals surface area contributed by atoms with Crippen LogP contribution < -0.4 is 9.62 Å². The van der Waals surface area contributed by atoms with Crippen LogP contribution in [0.25, 0.3) is 0 Å². The summed E-state index contributed by atoms with van der Waals surface area (Å²) in [6.45, 7) is 5.83. The molecule has 9 heteroatoms. The van der Waals surface area contributed by atoms with Crippen molar-refractivity contribution < 1.29 is 18.0 Å². The van der Waals surface area contributed by atoms with Crippen molar-refractivity contribution in [2.75, 3.05) is 17.4 Å². The molecule has 1 atom stereocenters. The highest BCUT2D eigenvalue weighted by atomic mass is 35.5. The van der Waals surface area contributed by atoms with Gasteiger partial charge in [0.1, 0.15) is 12.6 Å². The Balaban J connectivity index is 1.81. The fourth-order valence-electron chi connectivity index (χ4n) is 5.24. The van der Waals surface area contributed by atoms with E-state index in [1.165, 1.54) is 17.0 Å². The highest BCUT2D eigenvalue weighted by Gasteiger charge is 2.34. The number of benzene rings is 4. The first-order valence-electron chi connectivity index (χ1n) is 15.1. The summed E-state index contributed by atoms with van der Waals surface area (Å²) in [7, 11) is -4.15. The number of unbranched alkanes of at least 4 members (excludes halogenated alkanes) is 1. The Hall–Kier alpha value is -4.14. The van der Waals surface area contributed by atoms with E-state index in [1.54, 1.807) is 48.5 Å². The van der Waals surface area contributed by atoms with E-state index in [4.69, 9.17) is 11.6 Å². The molecule has 0 aliphatic rings. The van der Waals surface area contributed by atoms with Gasteiger partial charge in [-0.1, -0.05) is 91.7 Å². The van der Waals surface area contributed by atoms with Gasteiger partial charge in [-0.3, -0.25) is 13.9 Å². The van der Waals surface area contributed by atoms with Gasteiger partial charge in [-0.05, 0) is 78.9 Å². The number of carbonyl (C=O) groups excluding carboxylic acids is 2. The minimum absolute atomic E-state index is 0.0597. The van der Waals surface area contributed by atoms with Crippen LogP contribution in [0.1, 0.15) is 42.0 Å². The molecule has 0 saturated heterocycles. The summed E-state index contributed by atoms with van der Waals surface area (Å²) in [4.78, 5) is 29.9. The zero-order valence-corrected chi connectivity index (χ0v) is 27.5. The monoisotopic (exact) mass is 645 g/mol. The SMILES string of the molecule is CCCCNC(=O)[C@H](Cc1ccccc1)N(Cc1cccc(Cl)c1)C(=O)CN(c1cc(C)cc(C)c1)S(=O)(=O)c1ccccc1. The van der Waals surface area contributed by atoms with Crippen LogP contribution in [0.4, 0.5) is 5.69 Å². The Morgan fingerprint density at radius 3 is 2.07 bits per heavy atom. The van der Waals surface area contributed by atoms with Gasteiger partial charge in [0, 0.05) is 24.5 Å². The molecule has 1 N–H and O–H groups in total. The average molecular weight is 646 g/mol. The first-order chi connectivity index (χ1) is 21.6. The van der Waals surface area contributed by atoms with Gasteiger partial charge in [0.05, 0.1) is 10.6 Å². The minimum Gasteiger partial charge on any atom is -0.354 e. The molecule has 0 heterocycles. The molecule has 0 unspecified atom stereocenters. The molecule has 4 rings (SSSR count). The van der Waals surface area contributed by atoms with Crippen LogP contribution >= 0.6 is 11.6 Å². The van der Waals surface area contributed by atoms with Crippen LogP contribution in [0.2, 0.25) is 5.02 Å². The average Bonchev–Trinajstić information content (AvgIpc) is 3.02. The molecule has 0 saturated carbocycles. The molecule has 4 aromatic rings. The number of halogens is 1. The van der Waals surface area contributed by atoms with Crippen LogP contribution in [0.15, 0.2) is 108 Å². The summed E-state index contributed by atoms with van der Waals surface area (Å²) in [5.74, 6) is -0.813. The molecule has 0 aliphatic heterocycles. The predicted octanol–water partition coefficient (Wildman–Crippen LogP) is 6.71. The number of nitrogens with one attached hydrogen (secondary N) is 1. The number of hydrogen-bond acceptors (Lipinski definition) is 4. The molecule has 0 aromatic heterocycles. The fourth-order valence-corrected chi connectivity index (χ4v) is 6.87. The van der Waals surface area contributed by atoms with Gasteiger partial charge in [0.2, 0.25) is 11.8 Å². The van der Waals surface area contributed by atoms with Crippen molar-refractivity contribution >= 4 is 39.1 Å². The lowest BCUT2D eigenvalue weighted by Gasteiger charge is -2.34. The summed E-state index contributed by atoms with van der Waals surface area (Å²) in [6, 6.07) is 29.2. The number of carbonyl (C=O) groups is 2. The third kappa shape index (κ3) is 9.19. The van der Waals surface area contributed by atoms with Crippen molar-refractivity contribution in [3.63, 3.8) is 0 Å². The van der Waals surface area contributed by atoms with Crippen LogP contribution in [-0.4, -0.2) is 44.3 Å². The topological polar surface area (TPSA) is 86.8 Å². The van der Waals surface area contributed by atoms with Crippen molar-refractivity contribution in [1.29, 1.82) is 0 Å². The van der Waals surface area contributed by atoms with Crippen LogP contribution in [0, 0.1) is 13.8 Å². The summed E-state index contributed by atoms with van der Waals surface area (Å²) in [5.41, 5.74) is 3.69. The number of amides is 2. The van der Waals surface area contributed by atoms with Gasteiger partial charge < -0.3 is 10.2 Å². The standard InChI is InChI=1S/C36H40ClN3O4S/c1-4-5-19-38-36(42)34(24-29-13-8-6-9-14-29)39(25-30-15-12-16-31(37)23-30)35(41)26-40(32-21-27(2)20-28(3)22-32)45(43,44)33-17-10-7-11-18-33/h6-18,20-23,34H,4-5,19,24-26H2,1-3H3,(H,38,42)/t34-/m0/s1. The van der Waals surface area contributed by atoms with Gasteiger partial charge in [0.25, 0.3) is 10.0 Å². The first-order valence-corrected chi connectivity index (χ1v) is 16.9. The number of sulfonamides is 1. The normalized spacial score (nSPS) is 11.9. The number of aryl methyl sites for hydroxylation is 2. The van der Waals surface area contributed by atoms with E-state index < -0.39 is 28.5 Å². The van der Waals surface area contributed by atoms with E-state index in [2.05, 4.69) is 5.32 Å². The van der Waals surface area contributed by atoms with Crippen LogP contribution in [0.3, 0.4) is 0 Å². The quantitative estimate of drug-likeness (QED) is 0.155. The van der Waals surface area contributed by atoms with Gasteiger partial charge in [-0.2, -0.15) is 0 Å². The fraction of sp³-hybridized carbons (Fsp3) is 0.278. The molecule has 0 fully saturated rings. The molecule has 4 aromatic carbocycles. The second-order valence-corrected chi connectivity index (χ2v) is 13.5. The van der Waals surface area contributed by atoms with Gasteiger partial charge in [0.15, 0.2) is 0 Å². The lowest BCUT2D eigenvalue weighted by atomic mass is 10.0. The number of rotatable bonds is 14. The maximum absolute atomic E-state index is 14.5. The van der Waals surface area contributed by atoms with Crippen LogP contribution in [0.5, 0.6) is 0 Å². The Morgan fingerprint density at radius 2 is 1.44 bits per heavy atom. The molecule has 2 amide bonds. The second kappa shape index (κ2) is 15.7. The van der Waals surface area contributed by atoms with Crippen molar-refractivity contribution in [1.82, 2.24) is 10.2 Å². The molecular formula is C36H40ClN3O4S. The minimum atomic E-state index is -4.15. The van der Waals surface area contributed by atoms with E-state index in [0.29, 0.717) is 17.3 Å². The van der Waals surface area contributed by atoms with Gasteiger partial charge in [-0.25, -0.2) is 8.42 Å². The summed E-state index contributed by atoms with van der Waals surface area (Å²) in [6.07, 6.45) is 1.94. The van der Waals surface area contributed by atoms with Gasteiger partial charge >= 0.3 is 0 Å². The maximum Gasteiger partial charge on any atom is 0.264 e. The first kappa shape index (κ1) is 33.7. The van der Waals surface area contributed by atoms with E-state index in [9.17, 15) is 18.0 Å². The molecule has 0 radical (unpaired) electrons. The third-order valence-electron chi connectivity index (χ3n) is 7.45. The summed E-state index contributed by atoms with van der Waals surface area (Å²) < 4.78 is 29.4. The highest BCUT2D eigenvalue weighted by Crippen LogP contribution is 2.27. The summed E-state index contributed by atoms with van der Waals surface area (Å²) in [5, 5.41) is 3.50. The van der Waals surface area contributed by atoms with E-state index >= 15 is 0 Å². The Bertz CT molecular complexity index is 1680. The Labute approximate surface area is 271 Å². The second-order valence-electron chi connectivity index (χ2n) is 11.2. The third-order valence-corrected chi connectivity index (χ3v) is 9.47. The summed E-state index contributed by atoms with van der Waals surface area (Å²) >= 11 is 6.32. The number of anilines is 1. The molecule has 0 bridgehead atoms. The Morgan fingerprint density at radius 1 is 0.822 bits per heavy atom. The zero-order chi connectivity index (χ0) is 32.4. The van der Waals surface area contributed by atoms with E-state index in [0.717, 1.165) is 39.4 Å². The maximum atomic E-state index is 14.5. The molecule has 236 valence electrons. The van der Waals surface area contributed by atoms with E-state index in [1.807, 2.05) is 63.2 Å². The van der Waals surface area contributed by atoms with Crippen molar-refractivity contribution in [3.8, 4) is 0 Å². The van der Waals surface area contributed by atoms with Crippen molar-refractivity contribution in [3.05, 3.63) is 130 Å². The van der Waals surface area contributed by atoms with Crippen LogP contribution in [-0.2, 0) is 32.6 Å². The van der Waals surface area contributed by atoms with Gasteiger partial charge in [-0.15, -0.1) is 0 Å². The van der Waals surface area contributed by atoms with E-state index in [-0.39, 0.29) is 23.8 Å². The number of hydrogen-bond donors (Lipinski definition) is 1. The predicted molar refractivity (Wildman–Crippen MR) is 181 cm³/mol. The molecule has 0 aliphatic carbocycles. The smallest absolute Gasteiger partial charge is 0.264 e. The molecule has 0 spiro atoms. The lowest BCUT2D eigenvalue weighted by Crippen LogP contribution is -2.53. The molecule has 7 nitrogen and oxygen atoms in total.